The Hall–Kier alpha value is -0.900. The molecule has 4 heteroatoms. The highest BCUT2D eigenvalue weighted by Crippen LogP contribution is 2.34. The van der Waals surface area contributed by atoms with Crippen molar-refractivity contribution in [2.45, 2.75) is 66.0 Å². The Morgan fingerprint density at radius 2 is 2.20 bits per heavy atom. The van der Waals surface area contributed by atoms with Crippen LogP contribution in [0.3, 0.4) is 0 Å². The molecule has 20 heavy (non-hydrogen) atoms. The van der Waals surface area contributed by atoms with Crippen molar-refractivity contribution in [1.29, 1.82) is 0 Å². The minimum absolute atomic E-state index is 0.549. The topological polar surface area (TPSA) is 42.7 Å². The van der Waals surface area contributed by atoms with Gasteiger partial charge < -0.3 is 5.32 Å². The molecule has 1 aromatic rings. The van der Waals surface area contributed by atoms with E-state index in [4.69, 9.17) is 0 Å². The third-order valence-corrected chi connectivity index (χ3v) is 4.55. The molecule has 0 bridgehead atoms. The van der Waals surface area contributed by atoms with E-state index in [1.54, 1.807) is 6.33 Å². The summed E-state index contributed by atoms with van der Waals surface area (Å²) >= 11 is 0. The Balaban J connectivity index is 2.06. The van der Waals surface area contributed by atoms with Crippen molar-refractivity contribution in [2.75, 3.05) is 6.54 Å². The predicted octanol–water partition coefficient (Wildman–Crippen LogP) is 2.89. The summed E-state index contributed by atoms with van der Waals surface area (Å²) in [6, 6.07) is 0.549. The van der Waals surface area contributed by atoms with Crippen LogP contribution in [0.2, 0.25) is 0 Å². The van der Waals surface area contributed by atoms with Gasteiger partial charge in [-0.05, 0) is 30.7 Å². The maximum absolute atomic E-state index is 4.50. The zero-order valence-corrected chi connectivity index (χ0v) is 13.5. The second kappa shape index (κ2) is 7.21. The van der Waals surface area contributed by atoms with E-state index >= 15 is 0 Å². The lowest BCUT2D eigenvalue weighted by Crippen LogP contribution is -2.40. The molecule has 1 aromatic heterocycles. The van der Waals surface area contributed by atoms with Crippen LogP contribution >= 0.6 is 0 Å². The summed E-state index contributed by atoms with van der Waals surface area (Å²) in [5.74, 6) is 3.38. The lowest BCUT2D eigenvalue weighted by atomic mass is 9.88. The molecule has 3 atom stereocenters. The van der Waals surface area contributed by atoms with E-state index in [0.717, 1.165) is 37.2 Å². The highest BCUT2D eigenvalue weighted by atomic mass is 15.3. The van der Waals surface area contributed by atoms with E-state index in [2.05, 4.69) is 47.8 Å². The van der Waals surface area contributed by atoms with Gasteiger partial charge in [0.25, 0.3) is 0 Å². The lowest BCUT2D eigenvalue weighted by molar-refractivity contribution is 0.291. The van der Waals surface area contributed by atoms with Crippen molar-refractivity contribution in [1.82, 2.24) is 20.1 Å². The highest BCUT2D eigenvalue weighted by Gasteiger charge is 2.31. The third-order valence-electron chi connectivity index (χ3n) is 4.55. The molecule has 4 nitrogen and oxygen atoms in total. The smallest absolute Gasteiger partial charge is 0.138 e. The first-order chi connectivity index (χ1) is 9.61. The number of rotatable bonds is 7. The fourth-order valence-electron chi connectivity index (χ4n) is 3.55. The summed E-state index contributed by atoms with van der Waals surface area (Å²) in [7, 11) is 0. The molecule has 0 aliphatic heterocycles. The monoisotopic (exact) mass is 278 g/mol. The van der Waals surface area contributed by atoms with Gasteiger partial charge in [0.05, 0.1) is 0 Å². The molecule has 1 heterocycles. The van der Waals surface area contributed by atoms with E-state index in [-0.39, 0.29) is 0 Å². The minimum atomic E-state index is 0.549. The first kappa shape index (κ1) is 15.5. The van der Waals surface area contributed by atoms with Crippen LogP contribution in [-0.2, 0) is 13.0 Å². The van der Waals surface area contributed by atoms with Crippen LogP contribution in [0.25, 0.3) is 0 Å². The van der Waals surface area contributed by atoms with Gasteiger partial charge in [0.2, 0.25) is 0 Å². The quantitative estimate of drug-likeness (QED) is 0.834. The Bertz CT molecular complexity index is 399. The van der Waals surface area contributed by atoms with Crippen LogP contribution in [-0.4, -0.2) is 27.4 Å². The molecule has 3 unspecified atom stereocenters. The Morgan fingerprint density at radius 1 is 1.40 bits per heavy atom. The number of likely N-dealkylation sites (N-methyl/N-ethyl adjacent to an activating group) is 1. The van der Waals surface area contributed by atoms with E-state index in [0.29, 0.717) is 12.0 Å². The van der Waals surface area contributed by atoms with Crippen LogP contribution in [0.1, 0.15) is 52.8 Å². The van der Waals surface area contributed by atoms with Crippen molar-refractivity contribution in [3.8, 4) is 0 Å². The van der Waals surface area contributed by atoms with Crippen LogP contribution < -0.4 is 5.32 Å². The summed E-state index contributed by atoms with van der Waals surface area (Å²) in [6.45, 7) is 11.1. The third kappa shape index (κ3) is 3.81. The van der Waals surface area contributed by atoms with E-state index < -0.39 is 0 Å². The number of aromatic nitrogens is 3. The molecule has 1 N–H and O–H groups in total. The fourth-order valence-corrected chi connectivity index (χ4v) is 3.55. The number of nitrogens with one attached hydrogen (secondary N) is 1. The molecule has 2 rings (SSSR count). The van der Waals surface area contributed by atoms with E-state index in [1.807, 2.05) is 0 Å². The summed E-state index contributed by atoms with van der Waals surface area (Å²) in [4.78, 5) is 4.50. The summed E-state index contributed by atoms with van der Waals surface area (Å²) in [5, 5.41) is 8.09. The molecule has 1 aliphatic rings. The molecule has 1 saturated carbocycles. The van der Waals surface area contributed by atoms with Gasteiger partial charge in [-0.1, -0.05) is 40.5 Å². The molecule has 114 valence electrons. The molecule has 1 aliphatic carbocycles. The molecular formula is C16H30N4. The SMILES string of the molecule is CCNC(Cc1ncnn1CC(C)C)C1CCCC1C. The molecule has 1 fully saturated rings. The Kier molecular flexibility index (Phi) is 5.58. The van der Waals surface area contributed by atoms with Gasteiger partial charge in [-0.25, -0.2) is 9.67 Å². The van der Waals surface area contributed by atoms with E-state index in [1.165, 1.54) is 19.3 Å². The van der Waals surface area contributed by atoms with Crippen molar-refractivity contribution in [3.05, 3.63) is 12.2 Å². The Labute approximate surface area is 123 Å². The standard InChI is InChI=1S/C16H30N4/c1-5-17-15(14-8-6-7-13(14)4)9-16-18-11-19-20(16)10-12(2)3/h11-15,17H,5-10H2,1-4H3. The average Bonchev–Trinajstić information content (AvgIpc) is 2.98. The van der Waals surface area contributed by atoms with Crippen molar-refractivity contribution in [3.63, 3.8) is 0 Å². The highest BCUT2D eigenvalue weighted by molar-refractivity contribution is 4.95. The van der Waals surface area contributed by atoms with Crippen LogP contribution in [0, 0.1) is 17.8 Å². The Morgan fingerprint density at radius 3 is 2.80 bits per heavy atom. The molecule has 0 saturated heterocycles. The normalized spacial score (nSPS) is 24.4. The summed E-state index contributed by atoms with van der Waals surface area (Å²) < 4.78 is 2.09. The van der Waals surface area contributed by atoms with Gasteiger partial charge in [-0.2, -0.15) is 5.10 Å². The zero-order chi connectivity index (χ0) is 14.5. The van der Waals surface area contributed by atoms with Gasteiger partial charge >= 0.3 is 0 Å². The van der Waals surface area contributed by atoms with Crippen molar-refractivity contribution < 1.29 is 0 Å². The van der Waals surface area contributed by atoms with Crippen molar-refractivity contribution in [2.24, 2.45) is 17.8 Å². The zero-order valence-electron chi connectivity index (χ0n) is 13.5. The van der Waals surface area contributed by atoms with Crippen LogP contribution in [0.5, 0.6) is 0 Å². The molecular weight excluding hydrogens is 248 g/mol. The summed E-state index contributed by atoms with van der Waals surface area (Å²) in [6.07, 6.45) is 6.84. The molecule has 0 amide bonds. The van der Waals surface area contributed by atoms with Gasteiger partial charge in [0, 0.05) is 19.0 Å². The first-order valence-corrected chi connectivity index (χ1v) is 8.21. The van der Waals surface area contributed by atoms with Crippen molar-refractivity contribution >= 4 is 0 Å². The minimum Gasteiger partial charge on any atom is -0.314 e. The van der Waals surface area contributed by atoms with Gasteiger partial charge in [0.15, 0.2) is 0 Å². The fraction of sp³-hybridized carbons (Fsp3) is 0.875. The molecule has 0 aromatic carbocycles. The van der Waals surface area contributed by atoms with Gasteiger partial charge in [0.1, 0.15) is 12.2 Å². The summed E-state index contributed by atoms with van der Waals surface area (Å²) in [5.41, 5.74) is 0. The first-order valence-electron chi connectivity index (χ1n) is 8.21. The number of hydrogen-bond acceptors (Lipinski definition) is 3. The van der Waals surface area contributed by atoms with Crippen LogP contribution in [0.15, 0.2) is 6.33 Å². The maximum atomic E-state index is 4.50. The van der Waals surface area contributed by atoms with E-state index in [9.17, 15) is 0 Å². The van der Waals surface area contributed by atoms with Crippen LogP contribution in [0.4, 0.5) is 0 Å². The predicted molar refractivity (Wildman–Crippen MR) is 82.5 cm³/mol. The second-order valence-corrected chi connectivity index (χ2v) is 6.69. The van der Waals surface area contributed by atoms with Gasteiger partial charge in [-0.3, -0.25) is 0 Å². The van der Waals surface area contributed by atoms with Gasteiger partial charge in [-0.15, -0.1) is 0 Å². The molecule has 0 radical (unpaired) electrons. The maximum Gasteiger partial charge on any atom is 0.138 e. The molecule has 0 spiro atoms. The second-order valence-electron chi connectivity index (χ2n) is 6.69. The lowest BCUT2D eigenvalue weighted by Gasteiger charge is -2.27. The number of nitrogens with zero attached hydrogens (tertiary/aromatic N) is 3. The average molecular weight is 278 g/mol. The number of hydrogen-bond donors (Lipinski definition) is 1. The largest absolute Gasteiger partial charge is 0.314 e.